The normalized spacial score (nSPS) is 22.1. The van der Waals surface area contributed by atoms with Crippen molar-refractivity contribution in [3.63, 3.8) is 0 Å². The van der Waals surface area contributed by atoms with E-state index in [-0.39, 0.29) is 13.1 Å². The Morgan fingerprint density at radius 2 is 1.73 bits per heavy atom. The zero-order valence-corrected chi connectivity index (χ0v) is 10.2. The molecule has 1 saturated heterocycles. The van der Waals surface area contributed by atoms with Crippen LogP contribution in [0.2, 0.25) is 0 Å². The molecular weight excluding hydrogens is 282 g/mol. The van der Waals surface area contributed by atoms with Crippen LogP contribution in [0.1, 0.15) is 5.56 Å². The summed E-state index contributed by atoms with van der Waals surface area (Å²) < 4.78 is 9.63. The first-order valence-electron chi connectivity index (χ1n) is 4.39. The summed E-state index contributed by atoms with van der Waals surface area (Å²) in [6.07, 6.45) is 0. The third-order valence-electron chi connectivity index (χ3n) is 2.56. The minimum atomic E-state index is -1.02. The number of benzene rings is 1. The van der Waals surface area contributed by atoms with E-state index in [0.717, 1.165) is 10.0 Å². The number of hydrogen-bond donors (Lipinski definition) is 3. The predicted octanol–water partition coefficient (Wildman–Crippen LogP) is 2.46. The topological polar surface area (TPSA) is 60.7 Å². The number of rotatable bonds is 2. The van der Waals surface area contributed by atoms with E-state index < -0.39 is 9.56 Å². The first kappa shape index (κ1) is 11.4. The predicted molar refractivity (Wildman–Crippen MR) is 59.6 cm³/mol. The second-order valence-electron chi connectivity index (χ2n) is 3.79. The minimum absolute atomic E-state index is 0.0931. The maximum Gasteiger partial charge on any atom is 0.176 e. The van der Waals surface area contributed by atoms with Crippen molar-refractivity contribution >= 4 is 28.0 Å². The molecule has 1 heterocycles. The molecule has 1 aromatic rings. The zero-order chi connectivity index (χ0) is 11.1. The number of halogens is 1. The van der Waals surface area contributed by atoms with Crippen LogP contribution in [0.3, 0.4) is 0 Å². The van der Waals surface area contributed by atoms with Crippen molar-refractivity contribution in [3.05, 3.63) is 34.3 Å². The molecule has 2 rings (SSSR count). The molecule has 1 aliphatic heterocycles. The average Bonchev–Trinajstić information content (AvgIpc) is 2.14. The van der Waals surface area contributed by atoms with Crippen molar-refractivity contribution < 1.29 is 19.8 Å². The van der Waals surface area contributed by atoms with E-state index in [9.17, 15) is 15.0 Å². The first-order valence-corrected chi connectivity index (χ1v) is 5.95. The van der Waals surface area contributed by atoms with Gasteiger partial charge in [0.25, 0.3) is 0 Å². The molecule has 4 nitrogen and oxygen atoms in total. The Morgan fingerprint density at radius 1 is 1.20 bits per heavy atom. The Balaban J connectivity index is 2.25. The Hall–Kier alpha value is -0.110. The van der Waals surface area contributed by atoms with Crippen molar-refractivity contribution in [2.45, 2.75) is 4.75 Å². The minimum Gasteiger partial charge on any atom is -0.329 e. The lowest BCUT2D eigenvalue weighted by molar-refractivity contribution is -1.27. The molecule has 0 aromatic heterocycles. The van der Waals surface area contributed by atoms with Crippen LogP contribution < -0.4 is 0 Å². The number of hydrogen-bond acceptors (Lipinski definition) is 4. The van der Waals surface area contributed by atoms with Crippen LogP contribution in [0.25, 0.3) is 0 Å². The van der Waals surface area contributed by atoms with Gasteiger partial charge in [-0.2, -0.15) is 10.4 Å². The fourth-order valence-corrected chi connectivity index (χ4v) is 2.85. The summed E-state index contributed by atoms with van der Waals surface area (Å²) in [6.45, 7) is 0.186. The molecule has 0 radical (unpaired) electrons. The van der Waals surface area contributed by atoms with E-state index in [1.54, 1.807) is 0 Å². The lowest BCUT2D eigenvalue weighted by atomic mass is 9.91. The van der Waals surface area contributed by atoms with Gasteiger partial charge in [-0.3, -0.25) is 0 Å². The molecule has 0 atom stereocenters. The Bertz CT molecular complexity index is 360. The lowest BCUT2D eigenvalue weighted by Gasteiger charge is -2.44. The van der Waals surface area contributed by atoms with Crippen molar-refractivity contribution in [2.75, 3.05) is 13.1 Å². The molecule has 1 fully saturated rings. The highest BCUT2D eigenvalue weighted by Gasteiger charge is 2.59. The van der Waals surface area contributed by atoms with Gasteiger partial charge in [0.15, 0.2) is 17.8 Å². The molecule has 0 aliphatic carbocycles. The molecule has 6 heteroatoms. The summed E-state index contributed by atoms with van der Waals surface area (Å²) in [5.74, 6) is 0. The standard InChI is InChI=1S/C9H10BrNO3S/c10-8-3-1-7(2-4-8)9(15-14)5-11(12,13)6-9/h1-4,12-13H,5-6H2/p+1. The summed E-state index contributed by atoms with van der Waals surface area (Å²) in [5.41, 5.74) is 0.898. The quantitative estimate of drug-likeness (QED) is 0.579. The Kier molecular flexibility index (Phi) is 2.83. The number of nitrogens with zero attached hydrogens (tertiary/aromatic N) is 1. The number of quaternary nitrogens is 1. The van der Waals surface area contributed by atoms with Crippen molar-refractivity contribution in [3.8, 4) is 0 Å². The molecule has 1 aromatic carbocycles. The number of hydroxylamine groups is 4. The van der Waals surface area contributed by atoms with Crippen LogP contribution >= 0.6 is 28.0 Å². The van der Waals surface area contributed by atoms with Crippen LogP contribution in [0, 0.1) is 0 Å². The summed E-state index contributed by atoms with van der Waals surface area (Å²) in [7, 11) is 0. The highest BCUT2D eigenvalue weighted by Crippen LogP contribution is 2.45. The van der Waals surface area contributed by atoms with E-state index in [0.29, 0.717) is 12.0 Å². The van der Waals surface area contributed by atoms with Crippen molar-refractivity contribution in [2.24, 2.45) is 0 Å². The van der Waals surface area contributed by atoms with E-state index in [2.05, 4.69) is 15.9 Å². The van der Waals surface area contributed by atoms with Gasteiger partial charge in [-0.25, -0.2) is 0 Å². The van der Waals surface area contributed by atoms with Gasteiger partial charge in [-0.1, -0.05) is 28.1 Å². The van der Waals surface area contributed by atoms with Gasteiger partial charge in [-0.15, -0.1) is 0 Å². The fourth-order valence-electron chi connectivity index (χ4n) is 1.82. The summed E-state index contributed by atoms with van der Waals surface area (Å²) >= 11 is 3.99. The first-order chi connectivity index (χ1) is 6.97. The fraction of sp³-hybridized carbons (Fsp3) is 0.333. The molecule has 1 aliphatic rings. The van der Waals surface area contributed by atoms with Gasteiger partial charge < -0.3 is 4.55 Å². The highest BCUT2D eigenvalue weighted by molar-refractivity contribution is 9.10. The van der Waals surface area contributed by atoms with E-state index in [4.69, 9.17) is 0 Å². The van der Waals surface area contributed by atoms with Crippen LogP contribution in [-0.4, -0.2) is 32.9 Å². The average molecular weight is 293 g/mol. The highest BCUT2D eigenvalue weighted by atomic mass is 79.9. The van der Waals surface area contributed by atoms with Gasteiger partial charge in [0.2, 0.25) is 0 Å². The lowest BCUT2D eigenvalue weighted by Crippen LogP contribution is -2.67. The largest absolute Gasteiger partial charge is 0.329 e. The van der Waals surface area contributed by atoms with Gasteiger partial charge >= 0.3 is 0 Å². The molecule has 0 spiro atoms. The van der Waals surface area contributed by atoms with E-state index >= 15 is 0 Å². The van der Waals surface area contributed by atoms with E-state index in [1.165, 1.54) is 0 Å². The summed E-state index contributed by atoms with van der Waals surface area (Å²) in [5, 5.41) is 18.5. The molecule has 0 unspecified atom stereocenters. The van der Waals surface area contributed by atoms with Gasteiger partial charge in [0.1, 0.15) is 0 Å². The SMILES string of the molecule is OSC1(c2ccc(Br)cc2)C[N+](O)(O)C1. The Morgan fingerprint density at radius 3 is 2.13 bits per heavy atom. The molecule has 82 valence electrons. The molecule has 0 saturated carbocycles. The molecular formula is C9H11BrNO3S+. The van der Waals surface area contributed by atoms with E-state index in [1.807, 2.05) is 24.3 Å². The van der Waals surface area contributed by atoms with Crippen molar-refractivity contribution in [1.29, 1.82) is 0 Å². The van der Waals surface area contributed by atoms with Crippen LogP contribution in [0.15, 0.2) is 28.7 Å². The zero-order valence-electron chi connectivity index (χ0n) is 7.80. The second kappa shape index (κ2) is 3.73. The maximum absolute atomic E-state index is 9.26. The Labute approximate surface area is 100.0 Å². The smallest absolute Gasteiger partial charge is 0.176 e. The molecule has 0 bridgehead atoms. The van der Waals surface area contributed by atoms with Gasteiger partial charge in [0.05, 0.1) is 0 Å². The van der Waals surface area contributed by atoms with Crippen molar-refractivity contribution in [1.82, 2.24) is 0 Å². The third kappa shape index (κ3) is 2.06. The monoisotopic (exact) mass is 292 g/mol. The van der Waals surface area contributed by atoms with Crippen LogP contribution in [-0.2, 0) is 4.75 Å². The molecule has 3 N–H and O–H groups in total. The molecule has 0 amide bonds. The van der Waals surface area contributed by atoms with Gasteiger partial charge in [0, 0.05) is 16.5 Å². The van der Waals surface area contributed by atoms with Crippen LogP contribution in [0.4, 0.5) is 0 Å². The van der Waals surface area contributed by atoms with Crippen LogP contribution in [0.5, 0.6) is 0 Å². The molecule has 15 heavy (non-hydrogen) atoms. The summed E-state index contributed by atoms with van der Waals surface area (Å²) in [4.78, 5) is -1.02. The van der Waals surface area contributed by atoms with Gasteiger partial charge in [-0.05, 0) is 22.5 Å². The third-order valence-corrected chi connectivity index (χ3v) is 3.93. The maximum atomic E-state index is 9.26. The second-order valence-corrected chi connectivity index (χ2v) is 5.67. The summed E-state index contributed by atoms with van der Waals surface area (Å²) in [6, 6.07) is 7.48.